The first kappa shape index (κ1) is 18.2. The van der Waals surface area contributed by atoms with Crippen LogP contribution in [0.4, 0.5) is 5.69 Å². The van der Waals surface area contributed by atoms with Crippen molar-refractivity contribution in [2.75, 3.05) is 18.4 Å². The molecule has 0 saturated carbocycles. The third-order valence-corrected chi connectivity index (χ3v) is 5.48. The molecule has 2 amide bonds. The maximum Gasteiger partial charge on any atom is 0.242 e. The molecule has 2 aromatic heterocycles. The van der Waals surface area contributed by atoms with Crippen LogP contribution >= 0.6 is 0 Å². The number of piperidine rings is 1. The molecule has 0 bridgehead atoms. The molecule has 3 aromatic rings. The molecule has 144 valence electrons. The van der Waals surface area contributed by atoms with Crippen LogP contribution in [0.5, 0.6) is 0 Å². The number of nitrogens with one attached hydrogen (secondary N) is 1. The van der Waals surface area contributed by atoms with Crippen molar-refractivity contribution in [1.29, 1.82) is 0 Å². The molecule has 3 heterocycles. The number of aromatic nitrogens is 2. The minimum Gasteiger partial charge on any atom is -0.341 e. The molecule has 6 nitrogen and oxygen atoms in total. The highest BCUT2D eigenvalue weighted by Crippen LogP contribution is 2.22. The number of fused-ring (bicyclic) bond motifs is 1. The van der Waals surface area contributed by atoms with Gasteiger partial charge in [-0.15, -0.1) is 0 Å². The summed E-state index contributed by atoms with van der Waals surface area (Å²) in [5.41, 5.74) is 2.93. The number of para-hydroxylation sites is 1. The highest BCUT2D eigenvalue weighted by molar-refractivity contribution is 5.92. The van der Waals surface area contributed by atoms with Crippen molar-refractivity contribution < 1.29 is 9.59 Å². The van der Waals surface area contributed by atoms with Crippen LogP contribution in [0, 0.1) is 12.8 Å². The summed E-state index contributed by atoms with van der Waals surface area (Å²) < 4.78 is 2.07. The van der Waals surface area contributed by atoms with Crippen LogP contribution < -0.4 is 5.32 Å². The van der Waals surface area contributed by atoms with Crippen LogP contribution in [0.1, 0.15) is 18.5 Å². The van der Waals surface area contributed by atoms with Gasteiger partial charge in [0.1, 0.15) is 6.54 Å². The lowest BCUT2D eigenvalue weighted by Gasteiger charge is -2.31. The first-order valence-corrected chi connectivity index (χ1v) is 9.65. The van der Waals surface area contributed by atoms with E-state index in [0.717, 1.165) is 22.3 Å². The molecule has 0 atom stereocenters. The SMILES string of the molecule is Cc1cc2ccccc2n1CC(=O)N1CCC(C(=O)Nc2ccncc2)CC1. The van der Waals surface area contributed by atoms with E-state index in [-0.39, 0.29) is 17.7 Å². The van der Waals surface area contributed by atoms with E-state index in [1.165, 1.54) is 0 Å². The number of rotatable bonds is 4. The number of carbonyl (C=O) groups is 2. The van der Waals surface area contributed by atoms with Gasteiger partial charge in [0.2, 0.25) is 11.8 Å². The summed E-state index contributed by atoms with van der Waals surface area (Å²) >= 11 is 0. The molecule has 4 rings (SSSR count). The second-order valence-electron chi connectivity index (χ2n) is 7.31. The van der Waals surface area contributed by atoms with Crippen molar-refractivity contribution in [3.8, 4) is 0 Å². The Bertz CT molecular complexity index is 988. The Morgan fingerprint density at radius 2 is 1.82 bits per heavy atom. The molecule has 1 aliphatic heterocycles. The van der Waals surface area contributed by atoms with Gasteiger partial charge in [0, 0.05) is 48.3 Å². The Labute approximate surface area is 164 Å². The highest BCUT2D eigenvalue weighted by Gasteiger charge is 2.27. The van der Waals surface area contributed by atoms with Gasteiger partial charge in [0.15, 0.2) is 0 Å². The molecular formula is C22H24N4O2. The largest absolute Gasteiger partial charge is 0.341 e. The fourth-order valence-corrected chi connectivity index (χ4v) is 3.86. The minimum atomic E-state index is -0.0636. The van der Waals surface area contributed by atoms with E-state index < -0.39 is 0 Å². The predicted octanol–water partition coefficient (Wildman–Crippen LogP) is 3.22. The molecule has 1 saturated heterocycles. The number of pyridine rings is 1. The van der Waals surface area contributed by atoms with Crippen LogP contribution in [0.2, 0.25) is 0 Å². The molecule has 0 spiro atoms. The number of carbonyl (C=O) groups excluding carboxylic acids is 2. The zero-order valence-electron chi connectivity index (χ0n) is 16.0. The molecule has 0 radical (unpaired) electrons. The molecule has 1 N–H and O–H groups in total. The van der Waals surface area contributed by atoms with Crippen molar-refractivity contribution >= 4 is 28.4 Å². The van der Waals surface area contributed by atoms with E-state index in [1.807, 2.05) is 30.0 Å². The average Bonchev–Trinajstić information content (AvgIpc) is 3.04. The lowest BCUT2D eigenvalue weighted by Crippen LogP contribution is -2.42. The van der Waals surface area contributed by atoms with Gasteiger partial charge in [-0.1, -0.05) is 18.2 Å². The summed E-state index contributed by atoms with van der Waals surface area (Å²) in [6, 6.07) is 13.8. The fourth-order valence-electron chi connectivity index (χ4n) is 3.86. The van der Waals surface area contributed by atoms with E-state index in [4.69, 9.17) is 0 Å². The van der Waals surface area contributed by atoms with Crippen LogP contribution in [-0.4, -0.2) is 39.4 Å². The number of hydrogen-bond donors (Lipinski definition) is 1. The van der Waals surface area contributed by atoms with E-state index in [1.54, 1.807) is 24.5 Å². The summed E-state index contributed by atoms with van der Waals surface area (Å²) in [7, 11) is 0. The van der Waals surface area contributed by atoms with Gasteiger partial charge in [-0.3, -0.25) is 14.6 Å². The topological polar surface area (TPSA) is 67.2 Å². The maximum absolute atomic E-state index is 12.8. The lowest BCUT2D eigenvalue weighted by atomic mass is 9.95. The zero-order valence-corrected chi connectivity index (χ0v) is 16.0. The van der Waals surface area contributed by atoms with Gasteiger partial charge in [-0.25, -0.2) is 0 Å². The molecule has 6 heteroatoms. The molecule has 1 fully saturated rings. The monoisotopic (exact) mass is 376 g/mol. The second-order valence-corrected chi connectivity index (χ2v) is 7.31. The van der Waals surface area contributed by atoms with Gasteiger partial charge >= 0.3 is 0 Å². The van der Waals surface area contributed by atoms with Gasteiger partial charge in [-0.05, 0) is 49.4 Å². The normalized spacial score (nSPS) is 15.0. The van der Waals surface area contributed by atoms with Crippen LogP contribution in [0.25, 0.3) is 10.9 Å². The smallest absolute Gasteiger partial charge is 0.242 e. The summed E-state index contributed by atoms with van der Waals surface area (Å²) in [5.74, 6) is 0.0642. The van der Waals surface area contributed by atoms with Gasteiger partial charge in [-0.2, -0.15) is 0 Å². The highest BCUT2D eigenvalue weighted by atomic mass is 16.2. The number of nitrogens with zero attached hydrogens (tertiary/aromatic N) is 3. The molecule has 1 aromatic carbocycles. The quantitative estimate of drug-likeness (QED) is 0.760. The Hall–Kier alpha value is -3.15. The Kier molecular flexibility index (Phi) is 5.10. The molecule has 0 unspecified atom stereocenters. The number of anilines is 1. The number of likely N-dealkylation sites (tertiary alicyclic amines) is 1. The third-order valence-electron chi connectivity index (χ3n) is 5.48. The second kappa shape index (κ2) is 7.84. The first-order valence-electron chi connectivity index (χ1n) is 9.65. The number of amides is 2. The Balaban J connectivity index is 1.35. The number of benzene rings is 1. The lowest BCUT2D eigenvalue weighted by molar-refractivity contribution is -0.135. The summed E-state index contributed by atoms with van der Waals surface area (Å²) in [4.78, 5) is 31.1. The fraction of sp³-hybridized carbons (Fsp3) is 0.318. The summed E-state index contributed by atoms with van der Waals surface area (Å²) in [5, 5.41) is 4.09. The van der Waals surface area contributed by atoms with Crippen molar-refractivity contribution in [3.05, 3.63) is 60.6 Å². The summed E-state index contributed by atoms with van der Waals surface area (Å²) in [6.45, 7) is 3.60. The van der Waals surface area contributed by atoms with Gasteiger partial charge in [0.05, 0.1) is 0 Å². The number of hydrogen-bond acceptors (Lipinski definition) is 3. The molecule has 28 heavy (non-hydrogen) atoms. The molecule has 1 aliphatic rings. The van der Waals surface area contributed by atoms with Crippen molar-refractivity contribution in [2.45, 2.75) is 26.3 Å². The van der Waals surface area contributed by atoms with Crippen LogP contribution in [0.15, 0.2) is 54.9 Å². The molecular weight excluding hydrogens is 352 g/mol. The van der Waals surface area contributed by atoms with Gasteiger partial charge < -0.3 is 14.8 Å². The van der Waals surface area contributed by atoms with E-state index in [2.05, 4.69) is 27.0 Å². The average molecular weight is 376 g/mol. The number of aryl methyl sites for hydroxylation is 1. The van der Waals surface area contributed by atoms with E-state index in [9.17, 15) is 9.59 Å². The van der Waals surface area contributed by atoms with Gasteiger partial charge in [0.25, 0.3) is 0 Å². The van der Waals surface area contributed by atoms with E-state index in [0.29, 0.717) is 32.5 Å². The molecule has 0 aliphatic carbocycles. The summed E-state index contributed by atoms with van der Waals surface area (Å²) in [6.07, 6.45) is 4.69. The maximum atomic E-state index is 12.8. The van der Waals surface area contributed by atoms with Crippen molar-refractivity contribution in [2.24, 2.45) is 5.92 Å². The Morgan fingerprint density at radius 3 is 2.57 bits per heavy atom. The van der Waals surface area contributed by atoms with Crippen LogP contribution in [0.3, 0.4) is 0 Å². The minimum absolute atomic E-state index is 0.0190. The van der Waals surface area contributed by atoms with Crippen LogP contribution in [-0.2, 0) is 16.1 Å². The first-order chi connectivity index (χ1) is 13.6. The Morgan fingerprint density at radius 1 is 1.11 bits per heavy atom. The third kappa shape index (κ3) is 3.76. The predicted molar refractivity (Wildman–Crippen MR) is 109 cm³/mol. The standard InChI is InChI=1S/C22H24N4O2/c1-16-14-18-4-2-3-5-20(18)26(16)15-21(27)25-12-8-17(9-13-25)22(28)24-19-6-10-23-11-7-19/h2-7,10-11,14,17H,8-9,12-13,15H2,1H3,(H,23,24,28). The van der Waals surface area contributed by atoms with E-state index >= 15 is 0 Å². The van der Waals surface area contributed by atoms with Crippen molar-refractivity contribution in [3.63, 3.8) is 0 Å². The zero-order chi connectivity index (χ0) is 19.5. The van der Waals surface area contributed by atoms with Crippen molar-refractivity contribution in [1.82, 2.24) is 14.5 Å².